The fourth-order valence-corrected chi connectivity index (χ4v) is 7.27. The Labute approximate surface area is 282 Å². The van der Waals surface area contributed by atoms with Crippen LogP contribution in [0.4, 0.5) is 5.88 Å². The number of hydrogen-bond acceptors (Lipinski definition) is 5. The number of nitrogens with one attached hydrogen (secondary N) is 1. The smallest absolute Gasteiger partial charge is 0.201 e. The lowest BCUT2D eigenvalue weighted by Gasteiger charge is -2.15. The molecule has 49 heavy (non-hydrogen) atoms. The van der Waals surface area contributed by atoms with Crippen molar-refractivity contribution in [2.75, 3.05) is 11.9 Å². The van der Waals surface area contributed by atoms with Crippen molar-refractivity contribution in [3.05, 3.63) is 151 Å². The van der Waals surface area contributed by atoms with Crippen LogP contribution >= 0.6 is 0 Å². The maximum atomic E-state index is 6.77. The lowest BCUT2D eigenvalue weighted by molar-refractivity contribution is 0.629. The van der Waals surface area contributed by atoms with Crippen LogP contribution < -0.4 is 5.32 Å². The zero-order valence-corrected chi connectivity index (χ0v) is 26.4. The Balaban J connectivity index is 1.26. The average molecular weight is 629 g/mol. The molecule has 1 N–H and O–H groups in total. The molecule has 5 heteroatoms. The molecular weight excluding hydrogens is 601 g/mol. The van der Waals surface area contributed by atoms with Crippen molar-refractivity contribution >= 4 is 55.2 Å². The van der Waals surface area contributed by atoms with Crippen LogP contribution in [-0.4, -0.2) is 21.5 Å². The predicted octanol–water partition coefficient (Wildman–Crippen LogP) is 11.2. The highest BCUT2D eigenvalue weighted by Crippen LogP contribution is 2.46. The molecule has 5 nitrogen and oxygen atoms in total. The number of aromatic nitrogens is 3. The molecule has 0 aliphatic carbocycles. The van der Waals surface area contributed by atoms with Crippen LogP contribution in [-0.2, 0) is 0 Å². The van der Waals surface area contributed by atoms with E-state index in [0.717, 1.165) is 50.2 Å². The fraction of sp³-hybridized carbons (Fsp3) is 0.0227. The topological polar surface area (TPSA) is 63.8 Å². The third-order valence-electron chi connectivity index (χ3n) is 9.52. The van der Waals surface area contributed by atoms with Crippen LogP contribution in [0, 0.1) is 0 Å². The second-order valence-electron chi connectivity index (χ2n) is 12.4. The Morgan fingerprint density at radius 3 is 1.86 bits per heavy atom. The summed E-state index contributed by atoms with van der Waals surface area (Å²) in [6, 6.07) is 48.6. The number of fused-ring (bicyclic) bond motifs is 8. The van der Waals surface area contributed by atoms with Crippen molar-refractivity contribution < 1.29 is 4.42 Å². The molecule has 230 valence electrons. The van der Waals surface area contributed by atoms with Gasteiger partial charge in [0.15, 0.2) is 17.5 Å². The number of benzene rings is 7. The summed E-state index contributed by atoms with van der Waals surface area (Å²) in [7, 11) is 0. The van der Waals surface area contributed by atoms with Gasteiger partial charge >= 0.3 is 0 Å². The summed E-state index contributed by atoms with van der Waals surface area (Å²) in [5.74, 6) is 2.60. The molecule has 0 amide bonds. The highest BCUT2D eigenvalue weighted by molar-refractivity contribution is 6.24. The first-order valence-electron chi connectivity index (χ1n) is 16.5. The molecule has 0 saturated carbocycles. The standard InChI is InChI=1S/C44H28N4O/c1-3-13-28(14-4-1)41-46-42(29-15-5-2-6-16-29)48-43(47-41)35-24-23-34(40-39(35)36-20-11-25-45-44(36)49-40)37-26-30-22-21-27-12-7-8-17-31(27)38(30)33-19-10-9-18-32(33)37/h1-24,26,45H,25H2. The van der Waals surface area contributed by atoms with E-state index < -0.39 is 0 Å². The van der Waals surface area contributed by atoms with Crippen molar-refractivity contribution in [1.29, 1.82) is 0 Å². The Hall–Kier alpha value is -6.59. The molecule has 0 atom stereocenters. The second kappa shape index (κ2) is 11.0. The summed E-state index contributed by atoms with van der Waals surface area (Å²) in [6.45, 7) is 0.700. The molecule has 0 radical (unpaired) electrons. The third-order valence-corrected chi connectivity index (χ3v) is 9.52. The van der Waals surface area contributed by atoms with Gasteiger partial charge in [-0.05, 0) is 56.1 Å². The van der Waals surface area contributed by atoms with Gasteiger partial charge in [0.1, 0.15) is 5.58 Å². The molecule has 1 aliphatic rings. The number of rotatable bonds is 4. The molecule has 3 heterocycles. The van der Waals surface area contributed by atoms with E-state index in [4.69, 9.17) is 19.4 Å². The number of hydrogen-bond donors (Lipinski definition) is 1. The van der Waals surface area contributed by atoms with Gasteiger partial charge in [0.2, 0.25) is 5.88 Å². The van der Waals surface area contributed by atoms with Gasteiger partial charge in [0.25, 0.3) is 0 Å². The molecule has 2 aromatic heterocycles. The maximum absolute atomic E-state index is 6.77. The van der Waals surface area contributed by atoms with E-state index in [-0.39, 0.29) is 0 Å². The number of anilines is 1. The van der Waals surface area contributed by atoms with Gasteiger partial charge in [-0.1, -0.05) is 133 Å². The minimum atomic E-state index is 0.599. The van der Waals surface area contributed by atoms with Crippen molar-refractivity contribution in [2.24, 2.45) is 0 Å². The maximum Gasteiger partial charge on any atom is 0.201 e. The van der Waals surface area contributed by atoms with Crippen molar-refractivity contribution in [2.45, 2.75) is 0 Å². The molecule has 0 spiro atoms. The predicted molar refractivity (Wildman–Crippen MR) is 201 cm³/mol. The average Bonchev–Trinajstić information content (AvgIpc) is 3.57. The largest absolute Gasteiger partial charge is 0.439 e. The van der Waals surface area contributed by atoms with E-state index in [1.54, 1.807) is 0 Å². The Morgan fingerprint density at radius 1 is 0.490 bits per heavy atom. The SMILES string of the molecule is C1=Cc2c(oc3c(-c4cc5ccc6ccccc6c5c5ccccc45)ccc(-c4nc(-c5ccccc5)nc(-c5ccccc5)n4)c23)NC1. The number of furan rings is 1. The molecule has 7 aromatic carbocycles. The van der Waals surface area contributed by atoms with E-state index in [1.807, 2.05) is 60.7 Å². The first-order valence-corrected chi connectivity index (χ1v) is 16.5. The Kier molecular flexibility index (Phi) is 6.18. The molecule has 10 rings (SSSR count). The monoisotopic (exact) mass is 628 g/mol. The summed E-state index contributed by atoms with van der Waals surface area (Å²) in [4.78, 5) is 15.1. The first-order chi connectivity index (χ1) is 24.3. The Bertz CT molecular complexity index is 2710. The second-order valence-corrected chi connectivity index (χ2v) is 12.4. The minimum absolute atomic E-state index is 0.599. The quantitative estimate of drug-likeness (QED) is 0.197. The highest BCUT2D eigenvalue weighted by atomic mass is 16.4. The van der Waals surface area contributed by atoms with Crippen LogP contribution in [0.3, 0.4) is 0 Å². The van der Waals surface area contributed by atoms with E-state index in [2.05, 4.69) is 96.3 Å². The lowest BCUT2D eigenvalue weighted by atomic mass is 9.89. The van der Waals surface area contributed by atoms with E-state index in [9.17, 15) is 0 Å². The van der Waals surface area contributed by atoms with Crippen molar-refractivity contribution in [1.82, 2.24) is 15.0 Å². The molecule has 1 aliphatic heterocycles. The zero-order chi connectivity index (χ0) is 32.3. The molecule has 0 bridgehead atoms. The summed E-state index contributed by atoms with van der Waals surface area (Å²) in [5.41, 5.74) is 6.70. The van der Waals surface area contributed by atoms with Crippen LogP contribution in [0.25, 0.3) is 94.7 Å². The minimum Gasteiger partial charge on any atom is -0.439 e. The van der Waals surface area contributed by atoms with Crippen molar-refractivity contribution in [3.63, 3.8) is 0 Å². The molecule has 0 fully saturated rings. The van der Waals surface area contributed by atoms with Gasteiger partial charge in [-0.25, -0.2) is 15.0 Å². The third kappa shape index (κ3) is 4.44. The fourth-order valence-electron chi connectivity index (χ4n) is 7.27. The van der Waals surface area contributed by atoms with E-state index in [1.165, 1.54) is 32.3 Å². The van der Waals surface area contributed by atoms with Gasteiger partial charge < -0.3 is 9.73 Å². The Morgan fingerprint density at radius 2 is 1.10 bits per heavy atom. The summed E-state index contributed by atoms with van der Waals surface area (Å²) >= 11 is 0. The molecule has 0 unspecified atom stereocenters. The highest BCUT2D eigenvalue weighted by Gasteiger charge is 2.25. The van der Waals surface area contributed by atoms with Gasteiger partial charge in [0, 0.05) is 39.7 Å². The van der Waals surface area contributed by atoms with Crippen molar-refractivity contribution in [3.8, 4) is 45.3 Å². The van der Waals surface area contributed by atoms with Crippen LogP contribution in [0.5, 0.6) is 0 Å². The molecule has 9 aromatic rings. The zero-order valence-electron chi connectivity index (χ0n) is 26.4. The van der Waals surface area contributed by atoms with Gasteiger partial charge in [-0.2, -0.15) is 0 Å². The summed E-state index contributed by atoms with van der Waals surface area (Å²) in [5, 5.41) is 11.8. The normalized spacial score (nSPS) is 12.5. The summed E-state index contributed by atoms with van der Waals surface area (Å²) in [6.07, 6.45) is 4.27. The van der Waals surface area contributed by atoms with Gasteiger partial charge in [0.05, 0.1) is 0 Å². The van der Waals surface area contributed by atoms with E-state index in [0.29, 0.717) is 24.0 Å². The van der Waals surface area contributed by atoms with Crippen LogP contribution in [0.2, 0.25) is 0 Å². The lowest BCUT2D eigenvalue weighted by Crippen LogP contribution is -2.02. The summed E-state index contributed by atoms with van der Waals surface area (Å²) < 4.78 is 6.77. The van der Waals surface area contributed by atoms with Gasteiger partial charge in [-0.3, -0.25) is 0 Å². The van der Waals surface area contributed by atoms with E-state index >= 15 is 0 Å². The molecular formula is C44H28N4O. The first kappa shape index (κ1) is 27.5. The van der Waals surface area contributed by atoms with Gasteiger partial charge in [-0.15, -0.1) is 0 Å². The molecule has 0 saturated heterocycles. The van der Waals surface area contributed by atoms with Crippen LogP contribution in [0.15, 0.2) is 150 Å². The van der Waals surface area contributed by atoms with Crippen LogP contribution in [0.1, 0.15) is 5.56 Å². The number of nitrogens with zero attached hydrogens (tertiary/aromatic N) is 3.